The lowest BCUT2D eigenvalue weighted by atomic mass is 10.2. The fourth-order valence-corrected chi connectivity index (χ4v) is 3.60. The molecule has 0 saturated carbocycles. The smallest absolute Gasteiger partial charge is 0.231 e. The molecule has 0 radical (unpaired) electrons. The Morgan fingerprint density at radius 1 is 1.12 bits per heavy atom. The first-order chi connectivity index (χ1) is 12.3. The highest BCUT2D eigenvalue weighted by atomic mass is 32.1. The van der Waals surface area contributed by atoms with Crippen LogP contribution in [0, 0.1) is 0 Å². The first-order valence-electron chi connectivity index (χ1n) is 7.68. The van der Waals surface area contributed by atoms with Gasteiger partial charge in [-0.05, 0) is 24.3 Å². The summed E-state index contributed by atoms with van der Waals surface area (Å²) in [6, 6.07) is 9.75. The third-order valence-electron chi connectivity index (χ3n) is 4.08. The summed E-state index contributed by atoms with van der Waals surface area (Å²) in [5.74, 6) is 1.52. The molecule has 8 heteroatoms. The third-order valence-corrected chi connectivity index (χ3v) is 5.08. The fraction of sp³-hybridized carbons (Fsp3) is 0.118. The third kappa shape index (κ3) is 2.30. The van der Waals surface area contributed by atoms with Crippen molar-refractivity contribution in [2.45, 2.75) is 0 Å². The molecule has 0 bridgehead atoms. The number of rotatable bonds is 3. The lowest BCUT2D eigenvalue weighted by Crippen LogP contribution is -2.09. The van der Waals surface area contributed by atoms with E-state index in [0.29, 0.717) is 0 Å². The highest BCUT2D eigenvalue weighted by Crippen LogP contribution is 2.38. The Kier molecular flexibility index (Phi) is 3.10. The first kappa shape index (κ1) is 14.2. The minimum absolute atomic E-state index is 0.267. The molecule has 0 unspecified atom stereocenters. The van der Waals surface area contributed by atoms with Gasteiger partial charge >= 0.3 is 0 Å². The van der Waals surface area contributed by atoms with Crippen LogP contribution >= 0.6 is 11.3 Å². The zero-order chi connectivity index (χ0) is 16.8. The van der Waals surface area contributed by atoms with Crippen LogP contribution in [0.5, 0.6) is 11.5 Å². The largest absolute Gasteiger partial charge is 0.454 e. The summed E-state index contributed by atoms with van der Waals surface area (Å²) in [6.07, 6.45) is 5.36. The van der Waals surface area contributed by atoms with E-state index in [-0.39, 0.29) is 6.79 Å². The number of benzene rings is 1. The average Bonchev–Trinajstić information content (AvgIpc) is 3.36. The molecule has 0 spiro atoms. The molecule has 4 aromatic rings. The van der Waals surface area contributed by atoms with Crippen LogP contribution < -0.4 is 14.4 Å². The summed E-state index contributed by atoms with van der Waals surface area (Å²) in [6.45, 7) is 0.267. The standard InChI is InChI=1S/C17H13N5O2S/c1-21(12-2-3-14-15(8-12)24-10-23-14)17-20-22-13(9-19-16(22)25-17)11-4-6-18-7-5-11/h2-9H,10H2,1H3. The summed E-state index contributed by atoms with van der Waals surface area (Å²) in [5, 5.41) is 5.57. The van der Waals surface area contributed by atoms with E-state index in [9.17, 15) is 0 Å². The molecule has 1 aliphatic rings. The van der Waals surface area contributed by atoms with Crippen molar-refractivity contribution in [1.29, 1.82) is 0 Å². The van der Waals surface area contributed by atoms with E-state index in [4.69, 9.17) is 14.6 Å². The normalized spacial score (nSPS) is 12.7. The Balaban J connectivity index is 1.54. The maximum atomic E-state index is 5.46. The van der Waals surface area contributed by atoms with Crippen molar-refractivity contribution in [3.8, 4) is 22.8 Å². The van der Waals surface area contributed by atoms with Gasteiger partial charge in [0.1, 0.15) is 0 Å². The van der Waals surface area contributed by atoms with Crippen molar-refractivity contribution in [3.05, 3.63) is 48.9 Å². The van der Waals surface area contributed by atoms with Crippen LogP contribution in [0.25, 0.3) is 16.2 Å². The average molecular weight is 351 g/mol. The van der Waals surface area contributed by atoms with Crippen molar-refractivity contribution >= 4 is 27.1 Å². The number of hydrogen-bond acceptors (Lipinski definition) is 7. The summed E-state index contributed by atoms with van der Waals surface area (Å²) in [5.41, 5.74) is 2.95. The van der Waals surface area contributed by atoms with Gasteiger partial charge in [0.2, 0.25) is 16.9 Å². The van der Waals surface area contributed by atoms with Crippen LogP contribution in [0.2, 0.25) is 0 Å². The Hall–Kier alpha value is -3.13. The number of anilines is 2. The molecule has 0 N–H and O–H groups in total. The van der Waals surface area contributed by atoms with E-state index in [1.165, 1.54) is 11.3 Å². The summed E-state index contributed by atoms with van der Waals surface area (Å²) in [4.78, 5) is 11.4. The van der Waals surface area contributed by atoms with E-state index in [1.807, 2.05) is 53.0 Å². The number of pyridine rings is 1. The molecular formula is C17H13N5O2S. The highest BCUT2D eigenvalue weighted by molar-refractivity contribution is 7.20. The van der Waals surface area contributed by atoms with Gasteiger partial charge in [-0.2, -0.15) is 0 Å². The maximum absolute atomic E-state index is 5.46. The Labute approximate surface area is 147 Å². The quantitative estimate of drug-likeness (QED) is 0.564. The molecule has 5 rings (SSSR count). The van der Waals surface area contributed by atoms with Crippen LogP contribution in [0.1, 0.15) is 0 Å². The Bertz CT molecular complexity index is 1060. The molecule has 124 valence electrons. The second-order valence-electron chi connectivity index (χ2n) is 5.55. The lowest BCUT2D eigenvalue weighted by Gasteiger charge is -2.15. The van der Waals surface area contributed by atoms with Crippen LogP contribution in [-0.2, 0) is 0 Å². The van der Waals surface area contributed by atoms with Gasteiger partial charge in [0.25, 0.3) is 0 Å². The second-order valence-corrected chi connectivity index (χ2v) is 6.49. The van der Waals surface area contributed by atoms with Crippen molar-refractivity contribution in [1.82, 2.24) is 19.6 Å². The van der Waals surface area contributed by atoms with E-state index in [0.717, 1.165) is 38.5 Å². The Morgan fingerprint density at radius 3 is 2.84 bits per heavy atom. The molecule has 0 saturated heterocycles. The topological polar surface area (TPSA) is 64.8 Å². The maximum Gasteiger partial charge on any atom is 0.231 e. The van der Waals surface area contributed by atoms with Gasteiger partial charge in [-0.25, -0.2) is 9.50 Å². The summed E-state index contributed by atoms with van der Waals surface area (Å²) >= 11 is 1.53. The lowest BCUT2D eigenvalue weighted by molar-refractivity contribution is 0.174. The number of nitrogens with zero attached hydrogens (tertiary/aromatic N) is 5. The summed E-state index contributed by atoms with van der Waals surface area (Å²) in [7, 11) is 1.97. The van der Waals surface area contributed by atoms with Gasteiger partial charge in [0, 0.05) is 36.8 Å². The van der Waals surface area contributed by atoms with Gasteiger partial charge in [-0.3, -0.25) is 4.98 Å². The molecule has 25 heavy (non-hydrogen) atoms. The molecule has 0 aliphatic carbocycles. The number of fused-ring (bicyclic) bond motifs is 2. The molecule has 4 heterocycles. The van der Waals surface area contributed by atoms with Crippen LogP contribution in [-0.4, -0.2) is 33.4 Å². The molecule has 0 fully saturated rings. The predicted octanol–water partition coefficient (Wildman–Crippen LogP) is 3.35. The van der Waals surface area contributed by atoms with Gasteiger partial charge in [0.05, 0.1) is 11.9 Å². The van der Waals surface area contributed by atoms with Crippen molar-refractivity contribution in [3.63, 3.8) is 0 Å². The molecule has 7 nitrogen and oxygen atoms in total. The highest BCUT2D eigenvalue weighted by Gasteiger charge is 2.18. The number of ether oxygens (including phenoxy) is 2. The molecule has 1 aromatic carbocycles. The summed E-state index contributed by atoms with van der Waals surface area (Å²) < 4.78 is 12.7. The van der Waals surface area contributed by atoms with E-state index in [2.05, 4.69) is 9.97 Å². The molecule has 3 aromatic heterocycles. The molecular weight excluding hydrogens is 338 g/mol. The molecule has 0 atom stereocenters. The van der Waals surface area contributed by atoms with Crippen LogP contribution in [0.15, 0.2) is 48.9 Å². The van der Waals surface area contributed by atoms with E-state index < -0.39 is 0 Å². The minimum atomic E-state index is 0.267. The monoisotopic (exact) mass is 351 g/mol. The number of imidazole rings is 1. The van der Waals surface area contributed by atoms with Crippen molar-refractivity contribution in [2.75, 3.05) is 18.7 Å². The van der Waals surface area contributed by atoms with Crippen LogP contribution in [0.4, 0.5) is 10.8 Å². The van der Waals surface area contributed by atoms with E-state index >= 15 is 0 Å². The number of hydrogen-bond donors (Lipinski definition) is 0. The van der Waals surface area contributed by atoms with Crippen molar-refractivity contribution < 1.29 is 9.47 Å². The van der Waals surface area contributed by atoms with Gasteiger partial charge in [-0.1, -0.05) is 11.3 Å². The van der Waals surface area contributed by atoms with Crippen molar-refractivity contribution in [2.24, 2.45) is 0 Å². The van der Waals surface area contributed by atoms with Gasteiger partial charge in [-0.15, -0.1) is 5.10 Å². The van der Waals surface area contributed by atoms with Crippen LogP contribution in [0.3, 0.4) is 0 Å². The zero-order valence-corrected chi connectivity index (χ0v) is 14.1. The van der Waals surface area contributed by atoms with Gasteiger partial charge < -0.3 is 14.4 Å². The SMILES string of the molecule is CN(c1ccc2c(c1)OCO2)c1nn2c(-c3ccncc3)cnc2s1. The Morgan fingerprint density at radius 2 is 1.96 bits per heavy atom. The first-order valence-corrected chi connectivity index (χ1v) is 8.49. The fourth-order valence-electron chi connectivity index (χ4n) is 2.74. The molecule has 1 aliphatic heterocycles. The van der Waals surface area contributed by atoms with Gasteiger partial charge in [0.15, 0.2) is 11.5 Å². The predicted molar refractivity (Wildman–Crippen MR) is 94.7 cm³/mol. The van der Waals surface area contributed by atoms with E-state index in [1.54, 1.807) is 12.4 Å². The molecule has 0 amide bonds. The zero-order valence-electron chi connectivity index (χ0n) is 13.3. The second kappa shape index (κ2) is 5.45. The number of aromatic nitrogens is 4. The minimum Gasteiger partial charge on any atom is -0.454 e.